The Morgan fingerprint density at radius 2 is 1.62 bits per heavy atom. The van der Waals surface area contributed by atoms with Crippen LogP contribution in [0.15, 0.2) is 88.5 Å². The maximum absolute atomic E-state index is 12.6. The molecule has 0 unspecified atom stereocenters. The van der Waals surface area contributed by atoms with E-state index in [1.165, 1.54) is 22.7 Å². The van der Waals surface area contributed by atoms with Crippen LogP contribution in [0.25, 0.3) is 10.8 Å². The molecule has 0 aliphatic heterocycles. The van der Waals surface area contributed by atoms with Gasteiger partial charge < -0.3 is 5.32 Å². The molecule has 0 atom stereocenters. The first-order chi connectivity index (χ1) is 13.9. The number of nitrogens with one attached hydrogen (secondary N) is 1. The molecule has 1 N–H and O–H groups in total. The summed E-state index contributed by atoms with van der Waals surface area (Å²) in [6.07, 6.45) is 0. The fourth-order valence-corrected chi connectivity index (χ4v) is 5.33. The Labute approximate surface area is 173 Å². The molecule has 0 aliphatic carbocycles. The third-order valence-corrected chi connectivity index (χ3v) is 7.77. The highest BCUT2D eigenvalue weighted by atomic mass is 32.2. The van der Waals surface area contributed by atoms with Gasteiger partial charge in [-0.25, -0.2) is 8.42 Å². The summed E-state index contributed by atoms with van der Waals surface area (Å²) in [6.45, 7) is 0. The zero-order valence-corrected chi connectivity index (χ0v) is 17.2. The molecule has 0 fully saturated rings. The quantitative estimate of drug-likeness (QED) is 0.493. The largest absolute Gasteiger partial charge is 0.322 e. The Hall–Kier alpha value is -3.16. The summed E-state index contributed by atoms with van der Waals surface area (Å²) in [6, 6.07) is 23.4. The number of benzene rings is 3. The molecule has 3 aromatic carbocycles. The van der Waals surface area contributed by atoms with Crippen molar-refractivity contribution in [2.45, 2.75) is 4.21 Å². The standard InChI is InChI=1S/C22H18N2O3S2/c1-24(29(26,27)21-7-4-14-28-21)20-12-9-17(10-13-20)22(25)23-19-11-8-16-5-2-3-6-18(16)15-19/h2-15H,1H3,(H,23,25). The number of nitrogens with zero attached hydrogens (tertiary/aromatic N) is 1. The molecule has 0 saturated heterocycles. The van der Waals surface area contributed by atoms with Gasteiger partial charge in [0.1, 0.15) is 4.21 Å². The first-order valence-electron chi connectivity index (χ1n) is 8.88. The number of hydrogen-bond acceptors (Lipinski definition) is 4. The number of sulfonamides is 1. The van der Waals surface area contributed by atoms with Crippen LogP contribution in [0, 0.1) is 0 Å². The van der Waals surface area contributed by atoms with Gasteiger partial charge in [-0.1, -0.05) is 36.4 Å². The normalized spacial score (nSPS) is 11.3. The van der Waals surface area contributed by atoms with Crippen molar-refractivity contribution in [2.75, 3.05) is 16.7 Å². The molecule has 0 bridgehead atoms. The van der Waals surface area contributed by atoms with E-state index in [0.717, 1.165) is 10.8 Å². The molecule has 0 aliphatic rings. The molecular weight excluding hydrogens is 404 g/mol. The van der Waals surface area contributed by atoms with Crippen molar-refractivity contribution in [1.29, 1.82) is 0 Å². The van der Waals surface area contributed by atoms with Crippen LogP contribution in [0.3, 0.4) is 0 Å². The van der Waals surface area contributed by atoms with Gasteiger partial charge in [0.05, 0.1) is 5.69 Å². The van der Waals surface area contributed by atoms with E-state index in [0.29, 0.717) is 16.9 Å². The summed E-state index contributed by atoms with van der Waals surface area (Å²) in [5.74, 6) is -0.254. The summed E-state index contributed by atoms with van der Waals surface area (Å²) in [4.78, 5) is 12.6. The van der Waals surface area contributed by atoms with Gasteiger partial charge in [0.15, 0.2) is 0 Å². The molecule has 0 spiro atoms. The van der Waals surface area contributed by atoms with E-state index in [1.807, 2.05) is 42.5 Å². The molecule has 146 valence electrons. The van der Waals surface area contributed by atoms with Crippen molar-refractivity contribution < 1.29 is 13.2 Å². The minimum atomic E-state index is -3.60. The minimum absolute atomic E-state index is 0.254. The van der Waals surface area contributed by atoms with E-state index in [-0.39, 0.29) is 10.1 Å². The van der Waals surface area contributed by atoms with Crippen LogP contribution in [-0.2, 0) is 10.0 Å². The van der Waals surface area contributed by atoms with Gasteiger partial charge in [0.2, 0.25) is 0 Å². The van der Waals surface area contributed by atoms with Crippen molar-refractivity contribution in [1.82, 2.24) is 0 Å². The van der Waals surface area contributed by atoms with Crippen LogP contribution in [0.2, 0.25) is 0 Å². The molecule has 7 heteroatoms. The van der Waals surface area contributed by atoms with Gasteiger partial charge in [-0.15, -0.1) is 11.3 Å². The van der Waals surface area contributed by atoms with E-state index < -0.39 is 10.0 Å². The highest BCUT2D eigenvalue weighted by molar-refractivity contribution is 7.94. The fourth-order valence-electron chi connectivity index (χ4n) is 2.98. The smallest absolute Gasteiger partial charge is 0.273 e. The molecule has 0 radical (unpaired) electrons. The highest BCUT2D eigenvalue weighted by Crippen LogP contribution is 2.25. The van der Waals surface area contributed by atoms with Crippen LogP contribution in [0.1, 0.15) is 10.4 Å². The van der Waals surface area contributed by atoms with Gasteiger partial charge in [0, 0.05) is 18.3 Å². The predicted octanol–water partition coefficient (Wildman–Crippen LogP) is 4.98. The Balaban J connectivity index is 1.51. The third-order valence-electron chi connectivity index (χ3n) is 4.61. The van der Waals surface area contributed by atoms with Crippen molar-refractivity contribution in [2.24, 2.45) is 0 Å². The number of carbonyl (C=O) groups is 1. The van der Waals surface area contributed by atoms with Crippen LogP contribution in [0.5, 0.6) is 0 Å². The molecular formula is C22H18N2O3S2. The lowest BCUT2D eigenvalue weighted by Gasteiger charge is -2.18. The van der Waals surface area contributed by atoms with Gasteiger partial charge >= 0.3 is 0 Å². The SMILES string of the molecule is CN(c1ccc(C(=O)Nc2ccc3ccccc3c2)cc1)S(=O)(=O)c1cccs1. The minimum Gasteiger partial charge on any atom is -0.322 e. The Morgan fingerprint density at radius 3 is 2.31 bits per heavy atom. The average Bonchev–Trinajstić information content (AvgIpc) is 3.29. The van der Waals surface area contributed by atoms with E-state index in [4.69, 9.17) is 0 Å². The van der Waals surface area contributed by atoms with Gasteiger partial charge in [0.25, 0.3) is 15.9 Å². The average molecular weight is 423 g/mol. The van der Waals surface area contributed by atoms with E-state index in [1.54, 1.807) is 41.8 Å². The van der Waals surface area contributed by atoms with Crippen molar-refractivity contribution in [3.8, 4) is 0 Å². The molecule has 1 aromatic heterocycles. The maximum Gasteiger partial charge on any atom is 0.273 e. The molecule has 5 nitrogen and oxygen atoms in total. The molecule has 1 amide bonds. The lowest BCUT2D eigenvalue weighted by atomic mass is 10.1. The highest BCUT2D eigenvalue weighted by Gasteiger charge is 2.22. The van der Waals surface area contributed by atoms with Crippen LogP contribution in [0.4, 0.5) is 11.4 Å². The number of rotatable bonds is 5. The number of hydrogen-bond donors (Lipinski definition) is 1. The number of anilines is 2. The summed E-state index contributed by atoms with van der Waals surface area (Å²) < 4.78 is 26.7. The lowest BCUT2D eigenvalue weighted by Crippen LogP contribution is -2.25. The van der Waals surface area contributed by atoms with E-state index in [9.17, 15) is 13.2 Å². The Bertz CT molecular complexity index is 1270. The lowest BCUT2D eigenvalue weighted by molar-refractivity contribution is 0.102. The van der Waals surface area contributed by atoms with Crippen LogP contribution in [-0.4, -0.2) is 21.4 Å². The van der Waals surface area contributed by atoms with Crippen LogP contribution < -0.4 is 9.62 Å². The fraction of sp³-hybridized carbons (Fsp3) is 0.0455. The molecule has 4 rings (SSSR count). The number of carbonyl (C=O) groups excluding carboxylic acids is 1. The monoisotopic (exact) mass is 422 g/mol. The third kappa shape index (κ3) is 3.87. The first-order valence-corrected chi connectivity index (χ1v) is 11.2. The van der Waals surface area contributed by atoms with Crippen molar-refractivity contribution in [3.05, 3.63) is 89.8 Å². The first kappa shape index (κ1) is 19.2. The Kier molecular flexibility index (Phi) is 5.08. The molecule has 29 heavy (non-hydrogen) atoms. The zero-order chi connectivity index (χ0) is 20.4. The summed E-state index contributed by atoms with van der Waals surface area (Å²) in [5.41, 5.74) is 1.64. The number of thiophene rings is 1. The van der Waals surface area contributed by atoms with E-state index >= 15 is 0 Å². The second kappa shape index (κ2) is 7.69. The van der Waals surface area contributed by atoms with Gasteiger partial charge in [-0.2, -0.15) is 0 Å². The van der Waals surface area contributed by atoms with Gasteiger partial charge in [-0.05, 0) is 58.6 Å². The molecule has 4 aromatic rings. The second-order valence-corrected chi connectivity index (χ2v) is 9.61. The second-order valence-electron chi connectivity index (χ2n) is 6.47. The Morgan fingerprint density at radius 1 is 0.897 bits per heavy atom. The number of amides is 1. The molecule has 0 saturated carbocycles. The predicted molar refractivity (Wildman–Crippen MR) is 118 cm³/mol. The maximum atomic E-state index is 12.6. The van der Waals surface area contributed by atoms with E-state index in [2.05, 4.69) is 5.32 Å². The van der Waals surface area contributed by atoms with Gasteiger partial charge in [-0.3, -0.25) is 9.10 Å². The zero-order valence-electron chi connectivity index (χ0n) is 15.6. The summed E-state index contributed by atoms with van der Waals surface area (Å²) in [5, 5.41) is 6.75. The topological polar surface area (TPSA) is 66.5 Å². The van der Waals surface area contributed by atoms with Crippen molar-refractivity contribution in [3.63, 3.8) is 0 Å². The van der Waals surface area contributed by atoms with Crippen molar-refractivity contribution >= 4 is 49.4 Å². The summed E-state index contributed by atoms with van der Waals surface area (Å²) >= 11 is 1.17. The van der Waals surface area contributed by atoms with Crippen LogP contribution >= 0.6 is 11.3 Å². The molecule has 1 heterocycles. The summed E-state index contributed by atoms with van der Waals surface area (Å²) in [7, 11) is -2.10. The number of fused-ring (bicyclic) bond motifs is 1.